The minimum absolute atomic E-state index is 0. The first-order chi connectivity index (χ1) is 11.2. The van der Waals surface area contributed by atoms with Gasteiger partial charge in [0.05, 0.1) is 0 Å². The van der Waals surface area contributed by atoms with Gasteiger partial charge in [-0.15, -0.1) is 0 Å². The van der Waals surface area contributed by atoms with Crippen molar-refractivity contribution in [3.8, 4) is 0 Å². The summed E-state index contributed by atoms with van der Waals surface area (Å²) in [6.45, 7) is 6.75. The van der Waals surface area contributed by atoms with Crippen LogP contribution in [0.4, 0.5) is 0 Å². The van der Waals surface area contributed by atoms with Gasteiger partial charge in [-0.1, -0.05) is 77.8 Å². The Morgan fingerprint density at radius 2 is 0.640 bits per heavy atom. The van der Waals surface area contributed by atoms with E-state index in [0.29, 0.717) is 50.8 Å². The third kappa shape index (κ3) is 45.1. The SMILES string of the molecule is CCC([O-])C=O.CCC([O-])C=O.CCC([O-])C=O.CCC([O-])C=O.[W]. The first kappa shape index (κ1) is 35.3. The van der Waals surface area contributed by atoms with Crippen LogP contribution in [0.2, 0.25) is 0 Å². The van der Waals surface area contributed by atoms with Crippen LogP contribution in [0, 0.1) is 0 Å². The van der Waals surface area contributed by atoms with Crippen LogP contribution < -0.4 is 20.4 Å². The molecule has 0 rings (SSSR count). The molecule has 0 aromatic heterocycles. The summed E-state index contributed by atoms with van der Waals surface area (Å²) in [6, 6.07) is 0. The maximum Gasteiger partial charge on any atom is 0.106 e. The van der Waals surface area contributed by atoms with Crippen molar-refractivity contribution in [3.63, 3.8) is 0 Å². The van der Waals surface area contributed by atoms with Crippen molar-refractivity contribution >= 4 is 25.1 Å². The topological polar surface area (TPSA) is 161 Å². The molecule has 0 aliphatic rings. The fourth-order valence-corrected chi connectivity index (χ4v) is 0.385. The number of hydrogen-bond acceptors (Lipinski definition) is 8. The number of rotatable bonds is 8. The van der Waals surface area contributed by atoms with E-state index in [1.807, 2.05) is 0 Å². The van der Waals surface area contributed by atoms with E-state index in [1.165, 1.54) is 0 Å². The molecule has 0 amide bonds. The Morgan fingerprint density at radius 1 is 0.520 bits per heavy atom. The molecule has 9 heteroatoms. The number of carbonyl (C=O) groups is 4. The van der Waals surface area contributed by atoms with Crippen LogP contribution in [0.15, 0.2) is 0 Å². The second kappa shape index (κ2) is 31.0. The molecule has 0 saturated carbocycles. The minimum Gasteiger partial charge on any atom is -0.847 e. The standard InChI is InChI=1S/4C4H7O2.W/c4*1-2-4(6)3-5;/h4*3-4H,2H2,1H3;/q4*-1;. The molecule has 4 unspecified atom stereocenters. The minimum atomic E-state index is -0.995. The predicted molar refractivity (Wildman–Crippen MR) is 80.6 cm³/mol. The van der Waals surface area contributed by atoms with E-state index < -0.39 is 24.4 Å². The molecule has 0 bridgehead atoms. The van der Waals surface area contributed by atoms with E-state index in [9.17, 15) is 39.6 Å². The average molecular weight is 532 g/mol. The van der Waals surface area contributed by atoms with Gasteiger partial charge in [0.15, 0.2) is 0 Å². The quantitative estimate of drug-likeness (QED) is 0.305. The van der Waals surface area contributed by atoms with Crippen molar-refractivity contribution in [2.24, 2.45) is 0 Å². The molecule has 150 valence electrons. The molecule has 0 aliphatic heterocycles. The third-order valence-electron chi connectivity index (χ3n) is 2.22. The van der Waals surface area contributed by atoms with Crippen LogP contribution in [-0.4, -0.2) is 49.6 Å². The van der Waals surface area contributed by atoms with Crippen LogP contribution in [0.5, 0.6) is 0 Å². The molecule has 4 atom stereocenters. The summed E-state index contributed by atoms with van der Waals surface area (Å²) in [5, 5.41) is 39.6. The zero-order valence-corrected chi connectivity index (χ0v) is 18.1. The van der Waals surface area contributed by atoms with E-state index >= 15 is 0 Å². The number of aldehydes is 4. The summed E-state index contributed by atoms with van der Waals surface area (Å²) in [4.78, 5) is 37.7. The number of carbonyl (C=O) groups excluding carboxylic acids is 4. The predicted octanol–water partition coefficient (Wildman–Crippen LogP) is -2.71. The Kier molecular flexibility index (Phi) is 43.9. The van der Waals surface area contributed by atoms with Gasteiger partial charge in [-0.3, -0.25) is 0 Å². The van der Waals surface area contributed by atoms with Gasteiger partial charge >= 0.3 is 0 Å². The van der Waals surface area contributed by atoms with Crippen molar-refractivity contribution in [3.05, 3.63) is 0 Å². The van der Waals surface area contributed by atoms with Gasteiger partial charge in [-0.05, 0) is 0 Å². The molecule has 8 nitrogen and oxygen atoms in total. The second-order valence-electron chi connectivity index (χ2n) is 4.33. The van der Waals surface area contributed by atoms with Crippen LogP contribution in [0.25, 0.3) is 0 Å². The average Bonchev–Trinajstić information content (AvgIpc) is 2.66. The Bertz CT molecular complexity index is 233. The summed E-state index contributed by atoms with van der Waals surface area (Å²) < 4.78 is 0. The Labute approximate surface area is 163 Å². The van der Waals surface area contributed by atoms with Crippen LogP contribution >= 0.6 is 0 Å². The fraction of sp³-hybridized carbons (Fsp3) is 0.750. The molecule has 0 fully saturated rings. The monoisotopic (exact) mass is 532 g/mol. The van der Waals surface area contributed by atoms with Crippen molar-refractivity contribution in [2.45, 2.75) is 77.8 Å². The first-order valence-electron chi connectivity index (χ1n) is 7.68. The van der Waals surface area contributed by atoms with E-state index in [-0.39, 0.29) is 21.1 Å². The second-order valence-corrected chi connectivity index (χ2v) is 4.33. The van der Waals surface area contributed by atoms with Gasteiger partial charge in [0, 0.05) is 21.1 Å². The van der Waals surface area contributed by atoms with Gasteiger partial charge in [0.2, 0.25) is 0 Å². The smallest absolute Gasteiger partial charge is 0.106 e. The van der Waals surface area contributed by atoms with Gasteiger partial charge < -0.3 is 39.6 Å². The molecule has 0 radical (unpaired) electrons. The van der Waals surface area contributed by atoms with Gasteiger partial charge in [-0.25, -0.2) is 0 Å². The summed E-state index contributed by atoms with van der Waals surface area (Å²) in [5.74, 6) is 0. The molecule has 0 aromatic carbocycles. The molecule has 0 aliphatic carbocycles. The molecular weight excluding hydrogens is 504 g/mol. The molecular formula is C16H28O8W-4. The fourth-order valence-electron chi connectivity index (χ4n) is 0.385. The molecule has 25 heavy (non-hydrogen) atoms. The van der Waals surface area contributed by atoms with Crippen molar-refractivity contribution in [1.29, 1.82) is 0 Å². The van der Waals surface area contributed by atoms with E-state index in [2.05, 4.69) is 0 Å². The Balaban J connectivity index is -0.0000000702. The van der Waals surface area contributed by atoms with Crippen LogP contribution in [0.1, 0.15) is 53.4 Å². The Morgan fingerprint density at radius 3 is 0.640 bits per heavy atom. The maximum atomic E-state index is 9.90. The van der Waals surface area contributed by atoms with E-state index in [4.69, 9.17) is 0 Å². The number of hydrogen-bond donors (Lipinski definition) is 0. The van der Waals surface area contributed by atoms with Crippen LogP contribution in [-0.2, 0) is 40.2 Å². The van der Waals surface area contributed by atoms with E-state index in [0.717, 1.165) is 0 Å². The zero-order valence-electron chi connectivity index (χ0n) is 15.1. The van der Waals surface area contributed by atoms with Crippen molar-refractivity contribution in [2.75, 3.05) is 0 Å². The van der Waals surface area contributed by atoms with Gasteiger partial charge in [0.25, 0.3) is 0 Å². The zero-order chi connectivity index (χ0) is 20.0. The van der Waals surface area contributed by atoms with Crippen molar-refractivity contribution < 1.29 is 60.7 Å². The summed E-state index contributed by atoms with van der Waals surface area (Å²) in [7, 11) is 0. The molecule has 0 aromatic rings. The van der Waals surface area contributed by atoms with E-state index in [1.54, 1.807) is 27.7 Å². The van der Waals surface area contributed by atoms with Crippen molar-refractivity contribution in [1.82, 2.24) is 0 Å². The largest absolute Gasteiger partial charge is 0.847 e. The summed E-state index contributed by atoms with van der Waals surface area (Å²) in [6.07, 6.45) is -0.690. The Hall–Kier alpha value is -0.792. The molecule has 0 N–H and O–H groups in total. The molecule has 0 heterocycles. The third-order valence-corrected chi connectivity index (χ3v) is 2.22. The maximum absolute atomic E-state index is 9.90. The summed E-state index contributed by atoms with van der Waals surface area (Å²) in [5.41, 5.74) is 0. The normalized spacial score (nSPS) is 13.1. The summed E-state index contributed by atoms with van der Waals surface area (Å²) >= 11 is 0. The van der Waals surface area contributed by atoms with Crippen LogP contribution in [0.3, 0.4) is 0 Å². The van der Waals surface area contributed by atoms with Gasteiger partial charge in [-0.2, -0.15) is 0 Å². The first-order valence-corrected chi connectivity index (χ1v) is 7.68. The van der Waals surface area contributed by atoms with Gasteiger partial charge in [0.1, 0.15) is 25.1 Å². The molecule has 0 spiro atoms. The molecule has 0 saturated heterocycles.